The molecule has 2 aliphatic rings. The van der Waals surface area contributed by atoms with Gasteiger partial charge in [0.05, 0.1) is 6.61 Å². The van der Waals surface area contributed by atoms with E-state index in [4.69, 9.17) is 16.3 Å². The molecule has 2 atom stereocenters. The van der Waals surface area contributed by atoms with Crippen molar-refractivity contribution in [2.24, 2.45) is 0 Å². The van der Waals surface area contributed by atoms with Crippen LogP contribution in [0.3, 0.4) is 0 Å². The molecule has 2 heterocycles. The molecular weight excluding hydrogens is 294 g/mol. The predicted molar refractivity (Wildman–Crippen MR) is 77.2 cm³/mol. The van der Waals surface area contributed by atoms with Crippen molar-refractivity contribution in [3.8, 4) is 0 Å². The quantitative estimate of drug-likeness (QED) is 0.678. The average molecular weight is 312 g/mol. The number of fused-ring (bicyclic) bond motifs is 1. The van der Waals surface area contributed by atoms with E-state index in [-0.39, 0.29) is 17.9 Å². The van der Waals surface area contributed by atoms with Gasteiger partial charge in [0.25, 0.3) is 0 Å². The van der Waals surface area contributed by atoms with Crippen LogP contribution < -0.4 is 4.90 Å². The highest BCUT2D eigenvalue weighted by Gasteiger charge is 2.47. The second kappa shape index (κ2) is 5.77. The van der Waals surface area contributed by atoms with E-state index in [1.54, 1.807) is 6.92 Å². The van der Waals surface area contributed by atoms with Crippen LogP contribution in [-0.4, -0.2) is 39.7 Å². The summed E-state index contributed by atoms with van der Waals surface area (Å²) in [6.45, 7) is 2.03. The van der Waals surface area contributed by atoms with E-state index in [1.165, 1.54) is 6.20 Å². The Labute approximate surface area is 128 Å². The van der Waals surface area contributed by atoms with Crippen molar-refractivity contribution < 1.29 is 14.6 Å². The molecule has 0 amide bonds. The summed E-state index contributed by atoms with van der Waals surface area (Å²) < 4.78 is 5.13. The molecule has 0 saturated heterocycles. The second-order valence-electron chi connectivity index (χ2n) is 5.41. The number of carbonyl (C=O) groups excluding carboxylic acids is 1. The molecule has 3 rings (SSSR count). The van der Waals surface area contributed by atoms with Crippen molar-refractivity contribution in [1.29, 1.82) is 0 Å². The Hall–Kier alpha value is -1.40. The van der Waals surface area contributed by atoms with Gasteiger partial charge in [-0.1, -0.05) is 12.8 Å². The third kappa shape index (κ3) is 2.46. The van der Waals surface area contributed by atoms with Gasteiger partial charge in [-0.25, -0.2) is 14.8 Å². The fourth-order valence-corrected chi connectivity index (χ4v) is 3.41. The molecule has 1 saturated carbocycles. The Balaban J connectivity index is 2.01. The van der Waals surface area contributed by atoms with Gasteiger partial charge in [-0.2, -0.15) is 0 Å². The smallest absolute Gasteiger partial charge is 0.331 e. The molecule has 114 valence electrons. The SMILES string of the molecule is CCOC(=O)C1C(O)c2cnc(Cl)nc2N1C1CCCC1. The van der Waals surface area contributed by atoms with Crippen LogP contribution in [0.1, 0.15) is 44.3 Å². The van der Waals surface area contributed by atoms with E-state index in [0.29, 0.717) is 11.4 Å². The van der Waals surface area contributed by atoms with Crippen LogP contribution in [0.5, 0.6) is 0 Å². The zero-order chi connectivity index (χ0) is 15.0. The summed E-state index contributed by atoms with van der Waals surface area (Å²) >= 11 is 5.88. The highest BCUT2D eigenvalue weighted by molar-refractivity contribution is 6.28. The number of aliphatic hydroxyl groups is 1. The Kier molecular flexibility index (Phi) is 3.99. The van der Waals surface area contributed by atoms with Crippen LogP contribution in [0.25, 0.3) is 0 Å². The fraction of sp³-hybridized carbons (Fsp3) is 0.643. The molecule has 1 aliphatic heterocycles. The van der Waals surface area contributed by atoms with Gasteiger partial charge >= 0.3 is 5.97 Å². The summed E-state index contributed by atoms with van der Waals surface area (Å²) in [6.07, 6.45) is 4.70. The summed E-state index contributed by atoms with van der Waals surface area (Å²) in [5.74, 6) is 0.137. The van der Waals surface area contributed by atoms with E-state index in [9.17, 15) is 9.90 Å². The third-order valence-corrected chi connectivity index (χ3v) is 4.36. The zero-order valence-corrected chi connectivity index (χ0v) is 12.6. The maximum Gasteiger partial charge on any atom is 0.331 e. The Morgan fingerprint density at radius 3 is 2.90 bits per heavy atom. The van der Waals surface area contributed by atoms with Gasteiger partial charge in [0.2, 0.25) is 5.28 Å². The fourth-order valence-electron chi connectivity index (χ4n) is 3.28. The largest absolute Gasteiger partial charge is 0.464 e. The van der Waals surface area contributed by atoms with Crippen LogP contribution in [-0.2, 0) is 9.53 Å². The Bertz CT molecular complexity index is 548. The van der Waals surface area contributed by atoms with Crippen LogP contribution in [0.4, 0.5) is 5.82 Å². The van der Waals surface area contributed by atoms with Gasteiger partial charge < -0.3 is 14.7 Å². The number of aliphatic hydroxyl groups excluding tert-OH is 1. The van der Waals surface area contributed by atoms with Crippen LogP contribution in [0, 0.1) is 0 Å². The second-order valence-corrected chi connectivity index (χ2v) is 5.74. The predicted octanol–water partition coefficient (Wildman–Crippen LogP) is 1.86. The first-order valence-electron chi connectivity index (χ1n) is 7.29. The van der Waals surface area contributed by atoms with E-state index < -0.39 is 18.1 Å². The maximum absolute atomic E-state index is 12.3. The van der Waals surface area contributed by atoms with Crippen molar-refractivity contribution >= 4 is 23.4 Å². The summed E-state index contributed by atoms with van der Waals surface area (Å²) in [6, 6.07) is -0.572. The number of hydrogen-bond acceptors (Lipinski definition) is 6. The number of ether oxygens (including phenoxy) is 1. The summed E-state index contributed by atoms with van der Waals surface area (Å²) in [4.78, 5) is 22.3. The number of esters is 1. The Morgan fingerprint density at radius 2 is 2.24 bits per heavy atom. The topological polar surface area (TPSA) is 75.5 Å². The standard InChI is InChI=1S/C14H18ClN3O3/c1-2-21-13(20)10-11(19)9-7-16-14(15)17-12(9)18(10)8-5-3-4-6-8/h7-8,10-11,19H,2-6H2,1H3. The first-order chi connectivity index (χ1) is 10.1. The van der Waals surface area contributed by atoms with Gasteiger partial charge in [-0.05, 0) is 31.4 Å². The molecule has 2 unspecified atom stereocenters. The van der Waals surface area contributed by atoms with E-state index in [0.717, 1.165) is 25.7 Å². The lowest BCUT2D eigenvalue weighted by atomic mass is 10.1. The normalized spacial score (nSPS) is 25.2. The molecule has 1 aromatic rings. The molecule has 21 heavy (non-hydrogen) atoms. The zero-order valence-electron chi connectivity index (χ0n) is 11.8. The molecule has 1 N–H and O–H groups in total. The molecule has 0 aromatic carbocycles. The number of carbonyl (C=O) groups is 1. The number of hydrogen-bond donors (Lipinski definition) is 1. The van der Waals surface area contributed by atoms with Crippen molar-refractivity contribution in [3.63, 3.8) is 0 Å². The summed E-state index contributed by atoms with van der Waals surface area (Å²) in [5, 5.41) is 10.6. The van der Waals surface area contributed by atoms with Crippen molar-refractivity contribution in [2.45, 2.75) is 50.8 Å². The van der Waals surface area contributed by atoms with Crippen LogP contribution in [0.15, 0.2) is 6.20 Å². The van der Waals surface area contributed by atoms with E-state index >= 15 is 0 Å². The summed E-state index contributed by atoms with van der Waals surface area (Å²) in [5.41, 5.74) is 0.546. The van der Waals surface area contributed by atoms with Gasteiger partial charge in [0, 0.05) is 17.8 Å². The van der Waals surface area contributed by atoms with Crippen molar-refractivity contribution in [1.82, 2.24) is 9.97 Å². The molecule has 1 fully saturated rings. The summed E-state index contributed by atoms with van der Waals surface area (Å²) in [7, 11) is 0. The number of rotatable bonds is 3. The highest BCUT2D eigenvalue weighted by atomic mass is 35.5. The van der Waals surface area contributed by atoms with E-state index in [1.807, 2.05) is 4.90 Å². The average Bonchev–Trinajstić information content (AvgIpc) is 3.05. The highest BCUT2D eigenvalue weighted by Crippen LogP contribution is 2.43. The van der Waals surface area contributed by atoms with Crippen molar-refractivity contribution in [3.05, 3.63) is 17.0 Å². The van der Waals surface area contributed by atoms with E-state index in [2.05, 4.69) is 9.97 Å². The molecule has 1 aromatic heterocycles. The van der Waals surface area contributed by atoms with Gasteiger partial charge in [-0.3, -0.25) is 0 Å². The minimum absolute atomic E-state index is 0.119. The first kappa shape index (κ1) is 14.5. The lowest BCUT2D eigenvalue weighted by molar-refractivity contribution is -0.147. The number of halogens is 1. The minimum atomic E-state index is -0.975. The minimum Gasteiger partial charge on any atom is -0.464 e. The molecule has 6 nitrogen and oxygen atoms in total. The first-order valence-corrected chi connectivity index (χ1v) is 7.66. The number of aromatic nitrogens is 2. The number of nitrogens with zero attached hydrogens (tertiary/aromatic N) is 3. The monoisotopic (exact) mass is 311 g/mol. The van der Waals surface area contributed by atoms with Gasteiger partial charge in [0.15, 0.2) is 6.04 Å². The van der Waals surface area contributed by atoms with Crippen molar-refractivity contribution in [2.75, 3.05) is 11.5 Å². The van der Waals surface area contributed by atoms with Gasteiger partial charge in [-0.15, -0.1) is 0 Å². The Morgan fingerprint density at radius 1 is 1.52 bits per heavy atom. The molecule has 7 heteroatoms. The molecule has 0 spiro atoms. The maximum atomic E-state index is 12.3. The molecule has 0 bridgehead atoms. The third-order valence-electron chi connectivity index (χ3n) is 4.17. The van der Waals surface area contributed by atoms with Gasteiger partial charge in [0.1, 0.15) is 11.9 Å². The van der Waals surface area contributed by atoms with Crippen LogP contribution in [0.2, 0.25) is 5.28 Å². The molecule has 1 aliphatic carbocycles. The molecular formula is C14H18ClN3O3. The lowest BCUT2D eigenvalue weighted by Crippen LogP contribution is -2.47. The molecule has 0 radical (unpaired) electrons. The lowest BCUT2D eigenvalue weighted by Gasteiger charge is -2.31. The van der Waals surface area contributed by atoms with Crippen LogP contribution >= 0.6 is 11.6 Å². The number of anilines is 1.